The van der Waals surface area contributed by atoms with Gasteiger partial charge in [-0.25, -0.2) is 23.5 Å². The molecule has 0 saturated carbocycles. The van der Waals surface area contributed by atoms with Gasteiger partial charge < -0.3 is 29.6 Å². The number of hydrogen-bond donors (Lipinski definition) is 3. The molecule has 238 valence electrons. The molecule has 1 saturated heterocycles. The van der Waals surface area contributed by atoms with E-state index in [1.165, 1.54) is 16.5 Å². The van der Waals surface area contributed by atoms with Crippen LogP contribution in [0.2, 0.25) is 0 Å². The van der Waals surface area contributed by atoms with Gasteiger partial charge in [-0.3, -0.25) is 0 Å². The lowest BCUT2D eigenvalue weighted by Crippen LogP contribution is -2.37. The van der Waals surface area contributed by atoms with Gasteiger partial charge in [0.1, 0.15) is 11.3 Å². The zero-order chi connectivity index (χ0) is 32.1. The minimum atomic E-state index is -5.08. The van der Waals surface area contributed by atoms with Crippen molar-refractivity contribution in [1.82, 2.24) is 29.5 Å². The predicted octanol–water partition coefficient (Wildman–Crippen LogP) is 5.03. The first-order valence-electron chi connectivity index (χ1n) is 13.6. The van der Waals surface area contributed by atoms with Crippen molar-refractivity contribution in [2.75, 3.05) is 42.8 Å². The molecule has 1 fully saturated rings. The van der Waals surface area contributed by atoms with Crippen LogP contribution in [0.15, 0.2) is 47.6 Å². The summed E-state index contributed by atoms with van der Waals surface area (Å²) in [7, 11) is 0. The second-order valence-corrected chi connectivity index (χ2v) is 10.7. The predicted molar refractivity (Wildman–Crippen MR) is 157 cm³/mol. The molecule has 0 aliphatic carbocycles. The van der Waals surface area contributed by atoms with Crippen molar-refractivity contribution in [3.05, 3.63) is 65.7 Å². The summed E-state index contributed by atoms with van der Waals surface area (Å²) >= 11 is 1.72. The Morgan fingerprint density at radius 3 is 2.58 bits per heavy atom. The quantitative estimate of drug-likeness (QED) is 0.155. The van der Waals surface area contributed by atoms with E-state index in [9.17, 15) is 22.0 Å². The molecule has 17 heteroatoms. The van der Waals surface area contributed by atoms with Gasteiger partial charge in [-0.05, 0) is 42.5 Å². The van der Waals surface area contributed by atoms with Crippen LogP contribution in [0.3, 0.4) is 0 Å². The number of carboxylic acid groups (broad SMARTS) is 1. The van der Waals surface area contributed by atoms with E-state index >= 15 is 0 Å². The van der Waals surface area contributed by atoms with Crippen molar-refractivity contribution < 1.29 is 36.6 Å². The number of hydrogen-bond acceptors (Lipinski definition) is 9. The number of halogens is 5. The lowest BCUT2D eigenvalue weighted by atomic mass is 10.1. The van der Waals surface area contributed by atoms with E-state index in [4.69, 9.17) is 24.6 Å². The first-order valence-corrected chi connectivity index (χ1v) is 14.8. The largest absolute Gasteiger partial charge is 0.490 e. The summed E-state index contributed by atoms with van der Waals surface area (Å²) in [6.07, 6.45) is -0.396. The number of aryl methyl sites for hydroxylation is 2. The maximum atomic E-state index is 14.2. The molecule has 11 nitrogen and oxygen atoms in total. The molecule has 6 rings (SSSR count). The second kappa shape index (κ2) is 13.6. The standard InChI is InChI=1S/C26H26F2N8OS.C2HF3O2/c1-38-17-4-2-3-16(13-17)7-8-36-15-30-23-24(33-26(34-25(23)36)35-9-11-37-12-10-35)29-14-20-31-19-6-5-18(27)21(28)22(19)32-20;3-2(4,5)1(6)7/h2-6,13,15H,7-12,14H2,1H3,(H,31,32)(H,29,33,34);(H,6,7). The number of carbonyl (C=O) groups is 1. The number of nitrogens with zero attached hydrogens (tertiary/aromatic N) is 6. The molecule has 3 aromatic heterocycles. The number of rotatable bonds is 8. The fourth-order valence-corrected chi connectivity index (χ4v) is 5.01. The molecule has 4 heterocycles. The zero-order valence-corrected chi connectivity index (χ0v) is 24.6. The number of ether oxygens (including phenoxy) is 1. The molecular weight excluding hydrogens is 623 g/mol. The van der Waals surface area contributed by atoms with Crippen LogP contribution in [0, 0.1) is 11.6 Å². The van der Waals surface area contributed by atoms with Gasteiger partial charge in [-0.1, -0.05) is 12.1 Å². The molecular formula is C28H27F5N8O3S. The third-order valence-electron chi connectivity index (χ3n) is 6.78. The summed E-state index contributed by atoms with van der Waals surface area (Å²) in [6, 6.07) is 11.1. The zero-order valence-electron chi connectivity index (χ0n) is 23.7. The molecule has 0 unspecified atom stereocenters. The van der Waals surface area contributed by atoms with Crippen LogP contribution in [0.25, 0.3) is 22.2 Å². The van der Waals surface area contributed by atoms with Crippen LogP contribution in [-0.4, -0.2) is 79.3 Å². The number of imidazole rings is 2. The number of thioether (sulfide) groups is 1. The molecule has 45 heavy (non-hydrogen) atoms. The summed E-state index contributed by atoms with van der Waals surface area (Å²) in [5.41, 5.74) is 3.00. The Kier molecular flexibility index (Phi) is 9.67. The van der Waals surface area contributed by atoms with Gasteiger partial charge >= 0.3 is 12.1 Å². The van der Waals surface area contributed by atoms with E-state index in [0.29, 0.717) is 61.5 Å². The number of carboxylic acids is 1. The van der Waals surface area contributed by atoms with Crippen molar-refractivity contribution in [3.63, 3.8) is 0 Å². The fraction of sp³-hybridized carbons (Fsp3) is 0.321. The van der Waals surface area contributed by atoms with Gasteiger partial charge in [0, 0.05) is 24.5 Å². The summed E-state index contributed by atoms with van der Waals surface area (Å²) in [4.78, 5) is 33.8. The number of fused-ring (bicyclic) bond motifs is 2. The number of morpholine rings is 1. The van der Waals surface area contributed by atoms with Crippen molar-refractivity contribution >= 4 is 51.7 Å². The number of aliphatic carboxylic acids is 1. The van der Waals surface area contributed by atoms with Crippen molar-refractivity contribution in [2.24, 2.45) is 0 Å². The average molecular weight is 651 g/mol. The van der Waals surface area contributed by atoms with Gasteiger partial charge in [-0.2, -0.15) is 23.1 Å². The SMILES string of the molecule is CSc1cccc(CCn2cnc3c(NCc4nc5c(F)c(F)ccc5[nH]4)nc(N4CCOCC4)nc32)c1.O=C(O)C(F)(F)F. The van der Waals surface area contributed by atoms with Crippen LogP contribution in [0.1, 0.15) is 11.4 Å². The molecule has 2 aromatic carbocycles. The Bertz CT molecular complexity index is 1810. The Hall–Kier alpha value is -4.51. The van der Waals surface area contributed by atoms with E-state index in [0.717, 1.165) is 18.1 Å². The minimum Gasteiger partial charge on any atom is -0.475 e. The third kappa shape index (κ3) is 7.59. The second-order valence-electron chi connectivity index (χ2n) is 9.78. The van der Waals surface area contributed by atoms with Gasteiger partial charge in [-0.15, -0.1) is 11.8 Å². The van der Waals surface area contributed by atoms with Gasteiger partial charge in [0.15, 0.2) is 28.6 Å². The van der Waals surface area contributed by atoms with Gasteiger partial charge in [0.2, 0.25) is 5.95 Å². The van der Waals surface area contributed by atoms with Crippen molar-refractivity contribution in [2.45, 2.75) is 30.6 Å². The molecule has 1 aliphatic rings. The molecule has 0 spiro atoms. The lowest BCUT2D eigenvalue weighted by molar-refractivity contribution is -0.192. The lowest BCUT2D eigenvalue weighted by Gasteiger charge is -2.27. The molecule has 1 aliphatic heterocycles. The number of alkyl halides is 3. The summed E-state index contributed by atoms with van der Waals surface area (Å²) < 4.78 is 67.1. The van der Waals surface area contributed by atoms with Crippen LogP contribution >= 0.6 is 11.8 Å². The van der Waals surface area contributed by atoms with Crippen molar-refractivity contribution in [1.29, 1.82) is 0 Å². The molecule has 0 amide bonds. The van der Waals surface area contributed by atoms with E-state index in [1.54, 1.807) is 18.1 Å². The first kappa shape index (κ1) is 31.9. The monoisotopic (exact) mass is 650 g/mol. The highest BCUT2D eigenvalue weighted by molar-refractivity contribution is 7.98. The summed E-state index contributed by atoms with van der Waals surface area (Å²) in [5, 5.41) is 10.4. The van der Waals surface area contributed by atoms with Crippen LogP contribution in [0.5, 0.6) is 0 Å². The summed E-state index contributed by atoms with van der Waals surface area (Å²) in [5.74, 6) is -3.06. The molecule has 0 radical (unpaired) electrons. The van der Waals surface area contributed by atoms with Crippen LogP contribution < -0.4 is 10.2 Å². The topological polar surface area (TPSA) is 134 Å². The van der Waals surface area contributed by atoms with Crippen LogP contribution in [0.4, 0.5) is 33.7 Å². The first-order chi connectivity index (χ1) is 21.5. The molecule has 0 bridgehead atoms. The van der Waals surface area contributed by atoms with E-state index in [2.05, 4.69) is 55.7 Å². The number of H-pyrrole nitrogens is 1. The molecule has 3 N–H and O–H groups in total. The number of nitrogens with one attached hydrogen (secondary N) is 2. The summed E-state index contributed by atoms with van der Waals surface area (Å²) in [6.45, 7) is 3.52. The average Bonchev–Trinajstić information content (AvgIpc) is 3.65. The molecule has 5 aromatic rings. The van der Waals surface area contributed by atoms with Crippen molar-refractivity contribution in [3.8, 4) is 0 Å². The Labute approximate surface area is 256 Å². The fourth-order valence-electron chi connectivity index (χ4n) is 4.52. The highest BCUT2D eigenvalue weighted by Crippen LogP contribution is 2.25. The Balaban J connectivity index is 0.000000515. The highest BCUT2D eigenvalue weighted by Gasteiger charge is 2.38. The van der Waals surface area contributed by atoms with Gasteiger partial charge in [0.05, 0.1) is 31.6 Å². The number of benzene rings is 2. The van der Waals surface area contributed by atoms with E-state index in [1.807, 2.05) is 4.57 Å². The third-order valence-corrected chi connectivity index (χ3v) is 7.51. The highest BCUT2D eigenvalue weighted by atomic mass is 32.2. The minimum absolute atomic E-state index is 0.0292. The Morgan fingerprint density at radius 2 is 1.87 bits per heavy atom. The smallest absolute Gasteiger partial charge is 0.475 e. The number of aromatic amines is 1. The molecule has 0 atom stereocenters. The van der Waals surface area contributed by atoms with E-state index < -0.39 is 23.8 Å². The van der Waals surface area contributed by atoms with Crippen LogP contribution in [-0.2, 0) is 29.0 Å². The van der Waals surface area contributed by atoms with Gasteiger partial charge in [0.25, 0.3) is 0 Å². The van der Waals surface area contributed by atoms with E-state index in [-0.39, 0.29) is 12.1 Å². The normalized spacial score (nSPS) is 13.6. The maximum Gasteiger partial charge on any atom is 0.490 e. The number of anilines is 2. The maximum absolute atomic E-state index is 14.2. The number of aromatic nitrogens is 6. The Morgan fingerprint density at radius 1 is 1.11 bits per heavy atom.